The van der Waals surface area contributed by atoms with Crippen LogP contribution in [0.3, 0.4) is 0 Å². The first-order chi connectivity index (χ1) is 7.75. The molecule has 78 valence electrons. The van der Waals surface area contributed by atoms with Gasteiger partial charge in [0, 0.05) is 16.5 Å². The summed E-state index contributed by atoms with van der Waals surface area (Å²) in [4.78, 5) is 4.41. The van der Waals surface area contributed by atoms with Crippen molar-refractivity contribution in [1.82, 2.24) is 4.98 Å². The number of phenols is 1. The van der Waals surface area contributed by atoms with Crippen LogP contribution >= 0.6 is 0 Å². The molecule has 3 N–H and O–H groups in total. The van der Waals surface area contributed by atoms with E-state index in [0.717, 1.165) is 16.3 Å². The highest BCUT2D eigenvalue weighted by Gasteiger charge is 2.06. The van der Waals surface area contributed by atoms with Crippen molar-refractivity contribution in [2.75, 3.05) is 5.73 Å². The lowest BCUT2D eigenvalue weighted by molar-refractivity contribution is 0.480. The van der Waals surface area contributed by atoms with Gasteiger partial charge in [0.2, 0.25) is 0 Å². The fraction of sp³-hybridized carbons (Fsp3) is 0. The van der Waals surface area contributed by atoms with Crippen molar-refractivity contribution in [2.24, 2.45) is 0 Å². The Morgan fingerprint density at radius 1 is 1.06 bits per heavy atom. The lowest BCUT2D eigenvalue weighted by Crippen LogP contribution is -1.89. The molecule has 16 heavy (non-hydrogen) atoms. The van der Waals surface area contributed by atoms with E-state index in [1.807, 2.05) is 30.3 Å². The summed E-state index contributed by atoms with van der Waals surface area (Å²) in [5.41, 5.74) is 7.91. The number of phenolic OH excluding ortho intramolecular Hbond substituents is 1. The highest BCUT2D eigenvalue weighted by Crippen LogP contribution is 2.30. The number of nitrogen functional groups attached to an aromatic ring is 1. The fourth-order valence-electron chi connectivity index (χ4n) is 1.87. The van der Waals surface area contributed by atoms with Gasteiger partial charge >= 0.3 is 0 Å². The van der Waals surface area contributed by atoms with E-state index in [0.29, 0.717) is 11.2 Å². The van der Waals surface area contributed by atoms with Gasteiger partial charge in [-0.15, -0.1) is 0 Å². The lowest BCUT2D eigenvalue weighted by Gasteiger charge is -2.05. The molecular formula is C13H10N2O. The van der Waals surface area contributed by atoms with Crippen LogP contribution in [0.2, 0.25) is 0 Å². The average molecular weight is 210 g/mol. The second-order valence-electron chi connectivity index (χ2n) is 3.75. The SMILES string of the molecule is Nc1ccc(O)c2nc3ccccc3cc12. The summed E-state index contributed by atoms with van der Waals surface area (Å²) >= 11 is 0. The Kier molecular flexibility index (Phi) is 1.74. The molecule has 3 heteroatoms. The maximum Gasteiger partial charge on any atom is 0.141 e. The van der Waals surface area contributed by atoms with Gasteiger partial charge in [-0.2, -0.15) is 0 Å². The predicted molar refractivity (Wildman–Crippen MR) is 65.3 cm³/mol. The number of nitrogens with two attached hydrogens (primary N) is 1. The maximum atomic E-state index is 9.74. The molecule has 2 aromatic carbocycles. The predicted octanol–water partition coefficient (Wildman–Crippen LogP) is 2.68. The van der Waals surface area contributed by atoms with Gasteiger partial charge in [-0.3, -0.25) is 0 Å². The monoisotopic (exact) mass is 210 g/mol. The molecule has 3 aromatic rings. The van der Waals surface area contributed by atoms with Crippen molar-refractivity contribution >= 4 is 27.5 Å². The zero-order valence-electron chi connectivity index (χ0n) is 8.51. The molecule has 0 saturated heterocycles. The number of pyridine rings is 1. The number of hydrogen-bond donors (Lipinski definition) is 2. The minimum absolute atomic E-state index is 0.162. The normalized spacial score (nSPS) is 11.0. The van der Waals surface area contributed by atoms with Crippen LogP contribution in [0.5, 0.6) is 5.75 Å². The molecule has 0 bridgehead atoms. The number of aromatic nitrogens is 1. The van der Waals surface area contributed by atoms with Crippen LogP contribution in [0.15, 0.2) is 42.5 Å². The third kappa shape index (κ3) is 1.18. The number of fused-ring (bicyclic) bond motifs is 2. The van der Waals surface area contributed by atoms with Crippen LogP contribution in [-0.2, 0) is 0 Å². The van der Waals surface area contributed by atoms with Gasteiger partial charge in [0.25, 0.3) is 0 Å². The number of hydrogen-bond acceptors (Lipinski definition) is 3. The van der Waals surface area contributed by atoms with Gasteiger partial charge in [0.1, 0.15) is 11.3 Å². The topological polar surface area (TPSA) is 59.1 Å². The Morgan fingerprint density at radius 2 is 1.88 bits per heavy atom. The smallest absolute Gasteiger partial charge is 0.141 e. The van der Waals surface area contributed by atoms with Crippen LogP contribution < -0.4 is 5.73 Å². The molecule has 0 spiro atoms. The van der Waals surface area contributed by atoms with E-state index in [4.69, 9.17) is 5.73 Å². The Hall–Kier alpha value is -2.29. The highest BCUT2D eigenvalue weighted by molar-refractivity contribution is 6.01. The van der Waals surface area contributed by atoms with Crippen molar-refractivity contribution in [3.05, 3.63) is 42.5 Å². The van der Waals surface area contributed by atoms with Crippen molar-refractivity contribution in [3.63, 3.8) is 0 Å². The molecule has 0 radical (unpaired) electrons. The van der Waals surface area contributed by atoms with Gasteiger partial charge in [-0.25, -0.2) is 4.98 Å². The quantitative estimate of drug-likeness (QED) is 0.340. The lowest BCUT2D eigenvalue weighted by atomic mass is 10.1. The Morgan fingerprint density at radius 3 is 2.75 bits per heavy atom. The number of nitrogens with zero attached hydrogens (tertiary/aromatic N) is 1. The van der Waals surface area contributed by atoms with E-state index >= 15 is 0 Å². The third-order valence-corrected chi connectivity index (χ3v) is 2.70. The first-order valence-corrected chi connectivity index (χ1v) is 5.02. The minimum atomic E-state index is 0.162. The number of anilines is 1. The Balaban J connectivity index is 2.56. The van der Waals surface area contributed by atoms with Gasteiger partial charge in [-0.1, -0.05) is 18.2 Å². The molecule has 0 amide bonds. The number of aromatic hydroxyl groups is 1. The highest BCUT2D eigenvalue weighted by atomic mass is 16.3. The maximum absolute atomic E-state index is 9.74. The van der Waals surface area contributed by atoms with Crippen molar-refractivity contribution in [2.45, 2.75) is 0 Å². The molecule has 0 aliphatic rings. The van der Waals surface area contributed by atoms with E-state index in [9.17, 15) is 5.11 Å². The Bertz CT molecular complexity index is 632. The summed E-state index contributed by atoms with van der Waals surface area (Å²) in [7, 11) is 0. The zero-order chi connectivity index (χ0) is 11.1. The van der Waals surface area contributed by atoms with E-state index < -0.39 is 0 Å². The van der Waals surface area contributed by atoms with Crippen LogP contribution in [0.4, 0.5) is 5.69 Å². The van der Waals surface area contributed by atoms with E-state index in [-0.39, 0.29) is 5.75 Å². The first-order valence-electron chi connectivity index (χ1n) is 5.02. The molecule has 0 saturated carbocycles. The number of rotatable bonds is 0. The standard InChI is InChI=1S/C13H10N2O/c14-10-5-6-12(16)13-9(10)7-8-3-1-2-4-11(8)15-13/h1-7,16H,14H2. The molecule has 0 aliphatic heterocycles. The van der Waals surface area contributed by atoms with E-state index in [2.05, 4.69) is 4.98 Å². The van der Waals surface area contributed by atoms with Crippen LogP contribution in [0, 0.1) is 0 Å². The molecule has 3 nitrogen and oxygen atoms in total. The largest absolute Gasteiger partial charge is 0.506 e. The molecule has 0 fully saturated rings. The van der Waals surface area contributed by atoms with Crippen LogP contribution in [0.1, 0.15) is 0 Å². The molecule has 0 atom stereocenters. The third-order valence-electron chi connectivity index (χ3n) is 2.70. The van der Waals surface area contributed by atoms with E-state index in [1.54, 1.807) is 12.1 Å². The molecule has 0 unspecified atom stereocenters. The van der Waals surface area contributed by atoms with E-state index in [1.165, 1.54) is 0 Å². The molecule has 3 rings (SSSR count). The van der Waals surface area contributed by atoms with Gasteiger partial charge in [0.15, 0.2) is 0 Å². The molecule has 1 aromatic heterocycles. The van der Waals surface area contributed by atoms with Crippen molar-refractivity contribution in [1.29, 1.82) is 0 Å². The van der Waals surface area contributed by atoms with Crippen LogP contribution in [-0.4, -0.2) is 10.1 Å². The minimum Gasteiger partial charge on any atom is -0.506 e. The summed E-state index contributed by atoms with van der Waals surface area (Å²) < 4.78 is 0. The van der Waals surface area contributed by atoms with Crippen LogP contribution in [0.25, 0.3) is 21.8 Å². The van der Waals surface area contributed by atoms with Crippen molar-refractivity contribution in [3.8, 4) is 5.75 Å². The second kappa shape index (κ2) is 3.10. The number of para-hydroxylation sites is 1. The summed E-state index contributed by atoms with van der Waals surface area (Å²) in [5.74, 6) is 0.162. The van der Waals surface area contributed by atoms with Gasteiger partial charge < -0.3 is 10.8 Å². The average Bonchev–Trinajstić information content (AvgIpc) is 2.32. The summed E-state index contributed by atoms with van der Waals surface area (Å²) in [6.45, 7) is 0. The summed E-state index contributed by atoms with van der Waals surface area (Å²) in [6, 6.07) is 13.0. The molecule has 1 heterocycles. The fourth-order valence-corrected chi connectivity index (χ4v) is 1.87. The van der Waals surface area contributed by atoms with Gasteiger partial charge in [0.05, 0.1) is 5.52 Å². The number of benzene rings is 2. The Labute approximate surface area is 92.1 Å². The summed E-state index contributed by atoms with van der Waals surface area (Å²) in [5, 5.41) is 11.5. The molecular weight excluding hydrogens is 200 g/mol. The van der Waals surface area contributed by atoms with Crippen molar-refractivity contribution < 1.29 is 5.11 Å². The molecule has 0 aliphatic carbocycles. The first kappa shape index (κ1) is 8.97. The summed E-state index contributed by atoms with van der Waals surface area (Å²) in [6.07, 6.45) is 0. The zero-order valence-corrected chi connectivity index (χ0v) is 8.51. The van der Waals surface area contributed by atoms with Gasteiger partial charge in [-0.05, 0) is 24.3 Å². The second-order valence-corrected chi connectivity index (χ2v) is 3.75.